The minimum atomic E-state index is -4.64. The van der Waals surface area contributed by atoms with Crippen LogP contribution in [0.5, 0.6) is 0 Å². The first-order chi connectivity index (χ1) is 2.00. The second kappa shape index (κ2) is 22.4. The molecule has 0 radical (unpaired) electrons. The van der Waals surface area contributed by atoms with Gasteiger partial charge in [-0.3, -0.25) is 0 Å². The largest absolute Gasteiger partial charge is 0.466 e. The third-order valence-electron chi connectivity index (χ3n) is 0. The Bertz CT molecular complexity index is 55.7. The summed E-state index contributed by atoms with van der Waals surface area (Å²) >= 11 is 0. The van der Waals surface area contributed by atoms with E-state index in [2.05, 4.69) is 0 Å². The zero-order valence-corrected chi connectivity index (χ0v) is 9.27. The molecule has 0 aliphatic carbocycles. The fourth-order valence-electron chi connectivity index (χ4n) is 0. The van der Waals surface area contributed by atoms with Crippen LogP contribution in [0, 0.1) is 0 Å². The predicted octanol–water partition coefficient (Wildman–Crippen LogP) is -5.05. The minimum absolute atomic E-state index is 0. The number of rotatable bonds is 0. The maximum absolute atomic E-state index is 8.88. The SMILES string of the molecule is O.O.O.O.O.O=P(O)(O)O.[Zn]. The molecule has 0 heterocycles. The van der Waals surface area contributed by atoms with Gasteiger partial charge in [0.25, 0.3) is 0 Å². The van der Waals surface area contributed by atoms with E-state index in [1.54, 1.807) is 0 Å². The number of hydrogen-bond acceptors (Lipinski definition) is 1. The summed E-state index contributed by atoms with van der Waals surface area (Å²) in [5, 5.41) is 0. The zero-order chi connectivity index (χ0) is 4.50. The van der Waals surface area contributed by atoms with Gasteiger partial charge in [-0.2, -0.15) is 0 Å². The summed E-state index contributed by atoms with van der Waals surface area (Å²) in [5.41, 5.74) is 0. The van der Waals surface area contributed by atoms with E-state index in [0.29, 0.717) is 0 Å². The number of hydrogen-bond donors (Lipinski definition) is 3. The topological polar surface area (TPSA) is 235 Å². The van der Waals surface area contributed by atoms with Crippen LogP contribution in [0.1, 0.15) is 0 Å². The van der Waals surface area contributed by atoms with Crippen molar-refractivity contribution in [1.82, 2.24) is 0 Å². The average Bonchev–Trinajstić information content (AvgIpc) is 0.722. The van der Waals surface area contributed by atoms with Gasteiger partial charge < -0.3 is 42.1 Å². The summed E-state index contributed by atoms with van der Waals surface area (Å²) < 4.78 is 8.88. The van der Waals surface area contributed by atoms with E-state index in [4.69, 9.17) is 19.2 Å². The van der Waals surface area contributed by atoms with Gasteiger partial charge in [-0.1, -0.05) is 0 Å². The number of phosphoric acid groups is 1. The summed E-state index contributed by atoms with van der Waals surface area (Å²) in [4.78, 5) is 21.6. The molecule has 0 saturated heterocycles. The Kier molecular flexibility index (Phi) is 127. The predicted molar refractivity (Wildman–Crippen MR) is 32.3 cm³/mol. The molecule has 13 N–H and O–H groups in total. The van der Waals surface area contributed by atoms with Gasteiger partial charge in [0.05, 0.1) is 0 Å². The monoisotopic (exact) mass is 252 g/mol. The molecule has 0 fully saturated rings. The molecule has 0 bridgehead atoms. The molecule has 0 aromatic heterocycles. The summed E-state index contributed by atoms with van der Waals surface area (Å²) in [5.74, 6) is 0. The van der Waals surface area contributed by atoms with Gasteiger partial charge in [0.1, 0.15) is 0 Å². The maximum atomic E-state index is 8.88. The average molecular weight is 253 g/mol. The Balaban J connectivity index is -0.00000000533. The van der Waals surface area contributed by atoms with E-state index in [9.17, 15) is 0 Å². The van der Waals surface area contributed by atoms with Crippen molar-refractivity contribution in [3.8, 4) is 0 Å². The van der Waals surface area contributed by atoms with E-state index >= 15 is 0 Å². The first-order valence-electron chi connectivity index (χ1n) is 0.783. The van der Waals surface area contributed by atoms with Gasteiger partial charge in [0.2, 0.25) is 0 Å². The maximum Gasteiger partial charge on any atom is 0.466 e. The third-order valence-corrected chi connectivity index (χ3v) is 0. The second-order valence-electron chi connectivity index (χ2n) is 0.513. The summed E-state index contributed by atoms with van der Waals surface area (Å²) in [6, 6.07) is 0. The van der Waals surface area contributed by atoms with Crippen LogP contribution >= 0.6 is 7.82 Å². The van der Waals surface area contributed by atoms with Gasteiger partial charge in [-0.05, 0) is 0 Å². The van der Waals surface area contributed by atoms with Crippen molar-refractivity contribution < 1.29 is 66.1 Å². The molecule has 74 valence electrons. The molecule has 11 heteroatoms. The first kappa shape index (κ1) is 62.3. The molecular formula is H13O9PZn. The Labute approximate surface area is 74.6 Å². The Hall–Kier alpha value is 0.533. The van der Waals surface area contributed by atoms with Crippen molar-refractivity contribution >= 4 is 7.82 Å². The van der Waals surface area contributed by atoms with Gasteiger partial charge in [-0.15, -0.1) is 0 Å². The van der Waals surface area contributed by atoms with Crippen LogP contribution in [0.2, 0.25) is 0 Å². The molecule has 0 aliphatic rings. The van der Waals surface area contributed by atoms with Crippen LogP contribution in [-0.4, -0.2) is 42.1 Å². The van der Waals surface area contributed by atoms with E-state index < -0.39 is 7.82 Å². The van der Waals surface area contributed by atoms with Crippen LogP contribution < -0.4 is 0 Å². The summed E-state index contributed by atoms with van der Waals surface area (Å²) in [7, 11) is -4.64. The van der Waals surface area contributed by atoms with Crippen LogP contribution in [-0.2, 0) is 24.0 Å². The van der Waals surface area contributed by atoms with Crippen molar-refractivity contribution in [2.24, 2.45) is 0 Å². The van der Waals surface area contributed by atoms with Crippen molar-refractivity contribution in [3.05, 3.63) is 0 Å². The van der Waals surface area contributed by atoms with E-state index in [-0.39, 0.29) is 46.9 Å². The normalized spacial score (nSPS) is 5.36. The van der Waals surface area contributed by atoms with Gasteiger partial charge in [0, 0.05) is 19.5 Å². The molecule has 11 heavy (non-hydrogen) atoms. The van der Waals surface area contributed by atoms with E-state index in [1.807, 2.05) is 0 Å². The second-order valence-corrected chi connectivity index (χ2v) is 1.54. The van der Waals surface area contributed by atoms with Gasteiger partial charge in [-0.25, -0.2) is 4.57 Å². The Morgan fingerprint density at radius 2 is 0.727 bits per heavy atom. The van der Waals surface area contributed by atoms with Crippen molar-refractivity contribution in [3.63, 3.8) is 0 Å². The molecule has 0 aromatic carbocycles. The van der Waals surface area contributed by atoms with Crippen LogP contribution in [0.4, 0.5) is 0 Å². The molecule has 0 aromatic rings. The smallest absolute Gasteiger partial charge is 0.412 e. The molecule has 0 saturated carbocycles. The van der Waals surface area contributed by atoms with E-state index in [0.717, 1.165) is 0 Å². The fourth-order valence-corrected chi connectivity index (χ4v) is 0. The van der Waals surface area contributed by atoms with Crippen molar-refractivity contribution in [2.75, 3.05) is 0 Å². The molecule has 0 rings (SSSR count). The molecular weight excluding hydrogens is 240 g/mol. The minimum Gasteiger partial charge on any atom is -0.412 e. The third kappa shape index (κ3) is 2700. The van der Waals surface area contributed by atoms with Gasteiger partial charge in [0.15, 0.2) is 0 Å². The fraction of sp³-hybridized carbons (Fsp3) is 0. The zero-order valence-electron chi connectivity index (χ0n) is 5.40. The first-order valence-corrected chi connectivity index (χ1v) is 2.35. The Morgan fingerprint density at radius 3 is 0.727 bits per heavy atom. The standard InChI is InChI=1S/H3O4P.5H2O.Zn/c1-5(2,3)4;;;;;;/h(H3,1,2,3,4);5*1H2;. The van der Waals surface area contributed by atoms with E-state index in [1.165, 1.54) is 0 Å². The van der Waals surface area contributed by atoms with Crippen molar-refractivity contribution in [2.45, 2.75) is 0 Å². The molecule has 0 amide bonds. The van der Waals surface area contributed by atoms with Gasteiger partial charge >= 0.3 is 7.82 Å². The van der Waals surface area contributed by atoms with Crippen molar-refractivity contribution in [1.29, 1.82) is 0 Å². The summed E-state index contributed by atoms with van der Waals surface area (Å²) in [6.07, 6.45) is 0. The quantitative estimate of drug-likeness (QED) is 0.283. The molecule has 9 nitrogen and oxygen atoms in total. The van der Waals surface area contributed by atoms with Crippen LogP contribution in [0.25, 0.3) is 0 Å². The molecule has 0 aliphatic heterocycles. The molecule has 0 unspecified atom stereocenters. The molecule has 0 spiro atoms. The molecule has 0 atom stereocenters. The Morgan fingerprint density at radius 1 is 0.727 bits per heavy atom. The van der Waals surface area contributed by atoms with Crippen LogP contribution in [0.15, 0.2) is 0 Å². The van der Waals surface area contributed by atoms with Crippen LogP contribution in [0.3, 0.4) is 0 Å². The summed E-state index contributed by atoms with van der Waals surface area (Å²) in [6.45, 7) is 0.